The number of hydrogen-bond acceptors (Lipinski definition) is 4. The minimum atomic E-state index is -0.227. The fourth-order valence-corrected chi connectivity index (χ4v) is 5.28. The highest BCUT2D eigenvalue weighted by Crippen LogP contribution is 2.24. The van der Waals surface area contributed by atoms with Gasteiger partial charge < -0.3 is 15.3 Å². The molecule has 3 aromatic rings. The minimum Gasteiger partial charge on any atom is -0.507 e. The average Bonchev–Trinajstić information content (AvgIpc) is 3.30. The lowest BCUT2D eigenvalue weighted by molar-refractivity contribution is -0.117. The second-order valence-electron chi connectivity index (χ2n) is 10.2. The highest BCUT2D eigenvalue weighted by atomic mass is 19.1. The van der Waals surface area contributed by atoms with E-state index < -0.39 is 0 Å². The van der Waals surface area contributed by atoms with Crippen molar-refractivity contribution in [1.29, 1.82) is 0 Å². The molecule has 0 bridgehead atoms. The van der Waals surface area contributed by atoms with Gasteiger partial charge in [-0.15, -0.1) is 0 Å². The second kappa shape index (κ2) is 10.7. The van der Waals surface area contributed by atoms with Gasteiger partial charge in [-0.1, -0.05) is 29.8 Å². The molecular weight excluding hydrogens is 469 g/mol. The van der Waals surface area contributed by atoms with Crippen molar-refractivity contribution in [1.82, 2.24) is 15.1 Å². The summed E-state index contributed by atoms with van der Waals surface area (Å²) >= 11 is 0. The number of halogens is 1. The minimum absolute atomic E-state index is 0.00679. The van der Waals surface area contributed by atoms with Crippen LogP contribution in [0.4, 0.5) is 4.39 Å². The molecule has 37 heavy (non-hydrogen) atoms. The van der Waals surface area contributed by atoms with Crippen LogP contribution in [0, 0.1) is 12.7 Å². The van der Waals surface area contributed by atoms with Crippen molar-refractivity contribution in [3.05, 3.63) is 88.8 Å². The van der Waals surface area contributed by atoms with Crippen LogP contribution in [0.25, 0.3) is 10.8 Å². The lowest BCUT2D eigenvalue weighted by Crippen LogP contribution is -2.38. The molecule has 3 aromatic carbocycles. The van der Waals surface area contributed by atoms with Crippen molar-refractivity contribution < 1.29 is 19.1 Å². The molecule has 2 aliphatic heterocycles. The highest BCUT2D eigenvalue weighted by Gasteiger charge is 2.25. The Bertz CT molecular complexity index is 1360. The monoisotopic (exact) mass is 501 g/mol. The SMILES string of the molecule is Cc1ccc(C(=O)N2CCC(=CC(=O)NC3CCN(Cc4ccc5cc(F)ccc5c4)C3)CC2)c(O)c1. The highest BCUT2D eigenvalue weighted by molar-refractivity contribution is 5.97. The predicted molar refractivity (Wildman–Crippen MR) is 142 cm³/mol. The number of piperidine rings is 1. The van der Waals surface area contributed by atoms with Crippen molar-refractivity contribution in [2.75, 3.05) is 26.2 Å². The summed E-state index contributed by atoms with van der Waals surface area (Å²) in [5, 5.41) is 15.2. The van der Waals surface area contributed by atoms with Gasteiger partial charge in [0.25, 0.3) is 5.91 Å². The zero-order valence-corrected chi connectivity index (χ0v) is 21.0. The van der Waals surface area contributed by atoms with E-state index in [0.29, 0.717) is 31.5 Å². The van der Waals surface area contributed by atoms with E-state index in [1.165, 1.54) is 11.6 Å². The summed E-state index contributed by atoms with van der Waals surface area (Å²) in [6, 6.07) is 16.1. The molecule has 2 N–H and O–H groups in total. The van der Waals surface area contributed by atoms with Crippen molar-refractivity contribution in [2.45, 2.75) is 38.8 Å². The quantitative estimate of drug-likeness (QED) is 0.504. The lowest BCUT2D eigenvalue weighted by Gasteiger charge is -2.28. The molecule has 7 heteroatoms. The van der Waals surface area contributed by atoms with E-state index in [9.17, 15) is 19.1 Å². The molecule has 0 spiro atoms. The van der Waals surface area contributed by atoms with Gasteiger partial charge in [-0.2, -0.15) is 0 Å². The van der Waals surface area contributed by atoms with E-state index in [1.54, 1.807) is 35.2 Å². The molecule has 192 valence electrons. The number of aryl methyl sites for hydroxylation is 1. The number of likely N-dealkylation sites (tertiary alicyclic amines) is 2. The Morgan fingerprint density at radius 2 is 1.78 bits per heavy atom. The number of carbonyl (C=O) groups excluding carboxylic acids is 2. The van der Waals surface area contributed by atoms with Gasteiger partial charge >= 0.3 is 0 Å². The molecule has 5 rings (SSSR count). The third-order valence-corrected chi connectivity index (χ3v) is 7.30. The van der Waals surface area contributed by atoms with E-state index in [-0.39, 0.29) is 29.4 Å². The van der Waals surface area contributed by atoms with Crippen molar-refractivity contribution in [3.8, 4) is 5.75 Å². The Morgan fingerprint density at radius 3 is 2.57 bits per heavy atom. The molecule has 1 unspecified atom stereocenters. The van der Waals surface area contributed by atoms with E-state index in [0.717, 1.165) is 48.0 Å². The summed E-state index contributed by atoms with van der Waals surface area (Å²) in [6.45, 7) is 5.42. The lowest BCUT2D eigenvalue weighted by atomic mass is 10.0. The fraction of sp³-hybridized carbons (Fsp3) is 0.333. The van der Waals surface area contributed by atoms with Crippen LogP contribution < -0.4 is 5.32 Å². The number of nitrogens with one attached hydrogen (secondary N) is 1. The van der Waals surface area contributed by atoms with Gasteiger partial charge in [0.05, 0.1) is 5.56 Å². The van der Waals surface area contributed by atoms with Crippen LogP contribution >= 0.6 is 0 Å². The maximum absolute atomic E-state index is 13.4. The standard InChI is InChI=1S/C30H32FN3O3/c1-20-2-7-27(28(35)14-20)30(37)34-12-8-21(9-13-34)16-29(36)32-26-10-11-33(19-26)18-22-3-4-24-17-25(31)6-5-23(24)15-22/h2-7,14-17,26,35H,8-13,18-19H2,1H3,(H,32,36). The smallest absolute Gasteiger partial charge is 0.257 e. The molecule has 6 nitrogen and oxygen atoms in total. The molecule has 0 radical (unpaired) electrons. The largest absolute Gasteiger partial charge is 0.507 e. The molecule has 2 saturated heterocycles. The number of carbonyl (C=O) groups is 2. The topological polar surface area (TPSA) is 72.9 Å². The predicted octanol–water partition coefficient (Wildman–Crippen LogP) is 4.55. The second-order valence-corrected chi connectivity index (χ2v) is 10.2. The van der Waals surface area contributed by atoms with Crippen LogP contribution in [0.3, 0.4) is 0 Å². The summed E-state index contributed by atoms with van der Waals surface area (Å²) < 4.78 is 13.4. The number of phenols is 1. The van der Waals surface area contributed by atoms with Crippen LogP contribution in [0.1, 0.15) is 40.7 Å². The molecular formula is C30H32FN3O3. The number of aromatic hydroxyl groups is 1. The van der Waals surface area contributed by atoms with Crippen molar-refractivity contribution >= 4 is 22.6 Å². The van der Waals surface area contributed by atoms with E-state index >= 15 is 0 Å². The van der Waals surface area contributed by atoms with Gasteiger partial charge in [0.15, 0.2) is 0 Å². The fourth-order valence-electron chi connectivity index (χ4n) is 5.28. The number of benzene rings is 3. The zero-order chi connectivity index (χ0) is 25.9. The Balaban J connectivity index is 1.10. The molecule has 1 atom stereocenters. The molecule has 0 aliphatic carbocycles. The molecule has 0 saturated carbocycles. The first-order valence-electron chi connectivity index (χ1n) is 12.8. The summed E-state index contributed by atoms with van der Waals surface area (Å²) in [4.78, 5) is 29.5. The molecule has 2 fully saturated rings. The van der Waals surface area contributed by atoms with Gasteiger partial charge in [0.1, 0.15) is 11.6 Å². The third-order valence-electron chi connectivity index (χ3n) is 7.30. The Morgan fingerprint density at radius 1 is 1.03 bits per heavy atom. The molecule has 0 aromatic heterocycles. The van der Waals surface area contributed by atoms with E-state index in [1.807, 2.05) is 25.1 Å². The van der Waals surface area contributed by atoms with Crippen LogP contribution in [0.15, 0.2) is 66.2 Å². The molecule has 2 heterocycles. The van der Waals surface area contributed by atoms with Crippen molar-refractivity contribution in [2.24, 2.45) is 0 Å². The van der Waals surface area contributed by atoms with Crippen LogP contribution in [-0.2, 0) is 11.3 Å². The third kappa shape index (κ3) is 6.00. The maximum atomic E-state index is 13.4. The maximum Gasteiger partial charge on any atom is 0.257 e. The number of phenolic OH excluding ortho intramolecular Hbond substituents is 1. The van der Waals surface area contributed by atoms with Crippen molar-refractivity contribution in [3.63, 3.8) is 0 Å². The number of nitrogens with zero attached hydrogens (tertiary/aromatic N) is 2. The van der Waals surface area contributed by atoms with E-state index in [2.05, 4.69) is 16.3 Å². The Labute approximate surface area is 216 Å². The van der Waals surface area contributed by atoms with E-state index in [4.69, 9.17) is 0 Å². The summed E-state index contributed by atoms with van der Waals surface area (Å²) in [5.41, 5.74) is 3.44. The summed E-state index contributed by atoms with van der Waals surface area (Å²) in [7, 11) is 0. The number of amides is 2. The van der Waals surface area contributed by atoms with Gasteiger partial charge in [-0.05, 0) is 78.4 Å². The zero-order valence-electron chi connectivity index (χ0n) is 21.0. The van der Waals surface area contributed by atoms with Crippen LogP contribution in [-0.4, -0.2) is 58.9 Å². The Kier molecular flexibility index (Phi) is 7.24. The van der Waals surface area contributed by atoms with Crippen LogP contribution in [0.2, 0.25) is 0 Å². The average molecular weight is 502 g/mol. The number of rotatable bonds is 5. The first kappa shape index (κ1) is 25.0. The first-order valence-corrected chi connectivity index (χ1v) is 12.8. The number of fused-ring (bicyclic) bond motifs is 1. The summed E-state index contributed by atoms with van der Waals surface area (Å²) in [6.07, 6.45) is 3.88. The normalized spacial score (nSPS) is 18.3. The van der Waals surface area contributed by atoms with Gasteiger partial charge in [-0.25, -0.2) is 4.39 Å². The molecule has 2 amide bonds. The van der Waals surface area contributed by atoms with Gasteiger partial charge in [-0.3, -0.25) is 14.5 Å². The van der Waals surface area contributed by atoms with Crippen LogP contribution in [0.5, 0.6) is 5.75 Å². The summed E-state index contributed by atoms with van der Waals surface area (Å²) in [5.74, 6) is -0.474. The first-order chi connectivity index (χ1) is 17.8. The number of hydrogen-bond donors (Lipinski definition) is 2. The Hall–Kier alpha value is -3.71. The van der Waals surface area contributed by atoms with Gasteiger partial charge in [0.2, 0.25) is 5.91 Å². The molecule has 2 aliphatic rings. The van der Waals surface area contributed by atoms with Gasteiger partial charge in [0, 0.05) is 44.8 Å².